The highest BCUT2D eigenvalue weighted by Gasteiger charge is 2.40. The SMILES string of the molecule is [N-]=[N+]=NCCCc1cn(C(c2ccccc2)(c2ccccc2)c2ccccc2)c(F)n1. The molecule has 1 aromatic heterocycles. The summed E-state index contributed by atoms with van der Waals surface area (Å²) < 4.78 is 17.1. The predicted molar refractivity (Wildman–Crippen MR) is 119 cm³/mol. The summed E-state index contributed by atoms with van der Waals surface area (Å²) in [7, 11) is 0. The van der Waals surface area contributed by atoms with Gasteiger partial charge in [0.25, 0.3) is 6.08 Å². The van der Waals surface area contributed by atoms with Crippen molar-refractivity contribution in [2.45, 2.75) is 18.4 Å². The maximum absolute atomic E-state index is 15.5. The van der Waals surface area contributed by atoms with Crippen LogP contribution >= 0.6 is 0 Å². The molecule has 0 atom stereocenters. The molecular weight excluding hydrogens is 389 g/mol. The molecule has 0 N–H and O–H groups in total. The largest absolute Gasteiger partial charge is 0.290 e. The van der Waals surface area contributed by atoms with E-state index in [0.717, 1.165) is 16.7 Å². The van der Waals surface area contributed by atoms with E-state index < -0.39 is 11.6 Å². The second-order valence-electron chi connectivity index (χ2n) is 7.24. The molecular formula is C25H22FN5. The first-order valence-electron chi connectivity index (χ1n) is 10.2. The molecule has 0 saturated carbocycles. The summed E-state index contributed by atoms with van der Waals surface area (Å²) in [5, 5.41) is 3.56. The van der Waals surface area contributed by atoms with Crippen LogP contribution in [0.25, 0.3) is 10.4 Å². The highest BCUT2D eigenvalue weighted by molar-refractivity contribution is 5.50. The number of hydrogen-bond acceptors (Lipinski definition) is 2. The molecule has 0 amide bonds. The van der Waals surface area contributed by atoms with E-state index in [1.165, 1.54) is 0 Å². The van der Waals surface area contributed by atoms with Crippen LogP contribution in [0.2, 0.25) is 0 Å². The molecule has 1 heterocycles. The summed E-state index contributed by atoms with van der Waals surface area (Å²) >= 11 is 0. The van der Waals surface area contributed by atoms with Gasteiger partial charge in [-0.05, 0) is 35.1 Å². The van der Waals surface area contributed by atoms with Gasteiger partial charge in [0.1, 0.15) is 5.54 Å². The van der Waals surface area contributed by atoms with Crippen molar-refractivity contribution < 1.29 is 4.39 Å². The van der Waals surface area contributed by atoms with Crippen LogP contribution in [0.5, 0.6) is 0 Å². The summed E-state index contributed by atoms with van der Waals surface area (Å²) in [4.78, 5) is 6.99. The molecule has 0 saturated heterocycles. The molecule has 154 valence electrons. The Hall–Kier alpha value is -3.89. The van der Waals surface area contributed by atoms with Crippen molar-refractivity contribution >= 4 is 0 Å². The van der Waals surface area contributed by atoms with Gasteiger partial charge in [-0.2, -0.15) is 4.39 Å². The molecule has 0 aliphatic heterocycles. The van der Waals surface area contributed by atoms with Crippen LogP contribution in [0.3, 0.4) is 0 Å². The van der Waals surface area contributed by atoms with E-state index in [4.69, 9.17) is 5.53 Å². The van der Waals surface area contributed by atoms with E-state index in [1.807, 2.05) is 91.0 Å². The third kappa shape index (κ3) is 3.93. The Kier molecular flexibility index (Phi) is 6.11. The summed E-state index contributed by atoms with van der Waals surface area (Å²) in [6.45, 7) is 0.353. The second kappa shape index (κ2) is 9.28. The van der Waals surface area contributed by atoms with Gasteiger partial charge in [-0.25, -0.2) is 4.98 Å². The quantitative estimate of drug-likeness (QED) is 0.113. The molecule has 0 aliphatic carbocycles. The first kappa shape index (κ1) is 20.4. The van der Waals surface area contributed by atoms with Gasteiger partial charge >= 0.3 is 0 Å². The number of hydrogen-bond donors (Lipinski definition) is 0. The lowest BCUT2D eigenvalue weighted by Gasteiger charge is -2.37. The maximum Gasteiger partial charge on any atom is 0.290 e. The number of aryl methyl sites for hydroxylation is 1. The van der Waals surface area contributed by atoms with E-state index in [9.17, 15) is 0 Å². The highest BCUT2D eigenvalue weighted by atomic mass is 19.1. The number of azide groups is 1. The maximum atomic E-state index is 15.5. The Morgan fingerprint density at radius 1 is 0.839 bits per heavy atom. The Balaban J connectivity index is 1.95. The van der Waals surface area contributed by atoms with E-state index in [0.29, 0.717) is 25.1 Å². The van der Waals surface area contributed by atoms with Crippen LogP contribution in [0.15, 0.2) is 102 Å². The molecule has 5 nitrogen and oxygen atoms in total. The summed E-state index contributed by atoms with van der Waals surface area (Å²) in [5.74, 6) is 0. The van der Waals surface area contributed by atoms with Crippen molar-refractivity contribution in [1.29, 1.82) is 0 Å². The minimum Gasteiger partial charge on any atom is -0.289 e. The smallest absolute Gasteiger partial charge is 0.289 e. The van der Waals surface area contributed by atoms with Crippen molar-refractivity contribution in [2.24, 2.45) is 5.11 Å². The fourth-order valence-corrected chi connectivity index (χ4v) is 4.09. The Bertz CT molecular complexity index is 1070. The van der Waals surface area contributed by atoms with Gasteiger partial charge in [-0.15, -0.1) is 0 Å². The zero-order chi connectivity index (χ0) is 21.5. The molecule has 0 unspecified atom stereocenters. The van der Waals surface area contributed by atoms with E-state index in [1.54, 1.807) is 10.8 Å². The zero-order valence-corrected chi connectivity index (χ0v) is 17.0. The van der Waals surface area contributed by atoms with Gasteiger partial charge in [-0.3, -0.25) is 4.57 Å². The second-order valence-corrected chi connectivity index (χ2v) is 7.24. The fourth-order valence-electron chi connectivity index (χ4n) is 4.09. The molecule has 3 aromatic carbocycles. The number of benzene rings is 3. The summed E-state index contributed by atoms with van der Waals surface area (Å²) in [6.07, 6.45) is 2.35. The van der Waals surface area contributed by atoms with Crippen LogP contribution in [-0.4, -0.2) is 16.1 Å². The monoisotopic (exact) mass is 411 g/mol. The van der Waals surface area contributed by atoms with Crippen molar-refractivity contribution in [1.82, 2.24) is 9.55 Å². The minimum atomic E-state index is -0.927. The number of nitrogens with zero attached hydrogens (tertiary/aromatic N) is 5. The Labute approximate surface area is 180 Å². The molecule has 4 rings (SSSR count). The standard InChI is InChI=1S/C25H22FN5/c26-24-29-23(17-10-18-28-30-27)19-31(24)25(20-11-4-1-5-12-20,21-13-6-2-7-14-21)22-15-8-3-9-16-22/h1-9,11-16,19H,10,17-18H2. The fraction of sp³-hybridized carbons (Fsp3) is 0.160. The minimum absolute atomic E-state index is 0.353. The molecule has 6 heteroatoms. The number of imidazole rings is 1. The first-order valence-corrected chi connectivity index (χ1v) is 10.2. The average Bonchev–Trinajstić information content (AvgIpc) is 3.20. The molecule has 0 bridgehead atoms. The Morgan fingerprint density at radius 3 is 1.77 bits per heavy atom. The highest BCUT2D eigenvalue weighted by Crippen LogP contribution is 2.41. The number of rotatable bonds is 8. The van der Waals surface area contributed by atoms with Crippen molar-refractivity contribution in [2.75, 3.05) is 6.54 Å². The Morgan fingerprint density at radius 2 is 1.32 bits per heavy atom. The molecule has 4 aromatic rings. The van der Waals surface area contributed by atoms with Gasteiger partial charge in [-0.1, -0.05) is 96.1 Å². The van der Waals surface area contributed by atoms with Crippen LogP contribution < -0.4 is 0 Å². The van der Waals surface area contributed by atoms with E-state index >= 15 is 4.39 Å². The van der Waals surface area contributed by atoms with Crippen molar-refractivity contribution in [3.05, 3.63) is 136 Å². The third-order valence-corrected chi connectivity index (χ3v) is 5.40. The molecule has 0 radical (unpaired) electrons. The van der Waals surface area contributed by atoms with Gasteiger partial charge in [0.2, 0.25) is 0 Å². The van der Waals surface area contributed by atoms with Gasteiger partial charge in [0.05, 0.1) is 5.69 Å². The summed E-state index contributed by atoms with van der Waals surface area (Å²) in [5.41, 5.74) is 11.0. The lowest BCUT2D eigenvalue weighted by Crippen LogP contribution is -2.38. The van der Waals surface area contributed by atoms with Crippen LogP contribution in [-0.2, 0) is 12.0 Å². The van der Waals surface area contributed by atoms with Crippen LogP contribution in [0, 0.1) is 6.08 Å². The van der Waals surface area contributed by atoms with Gasteiger partial charge < -0.3 is 0 Å². The normalized spacial score (nSPS) is 11.1. The van der Waals surface area contributed by atoms with Crippen molar-refractivity contribution in [3.63, 3.8) is 0 Å². The number of aromatic nitrogens is 2. The predicted octanol–water partition coefficient (Wildman–Crippen LogP) is 6.11. The van der Waals surface area contributed by atoms with Crippen LogP contribution in [0.4, 0.5) is 4.39 Å². The first-order chi connectivity index (χ1) is 15.3. The lowest BCUT2D eigenvalue weighted by molar-refractivity contribution is 0.397. The van der Waals surface area contributed by atoms with Gasteiger partial charge in [0.15, 0.2) is 0 Å². The number of halogens is 1. The van der Waals surface area contributed by atoms with Crippen molar-refractivity contribution in [3.8, 4) is 0 Å². The topological polar surface area (TPSA) is 66.6 Å². The van der Waals surface area contributed by atoms with E-state index in [2.05, 4.69) is 15.0 Å². The van der Waals surface area contributed by atoms with E-state index in [-0.39, 0.29) is 0 Å². The molecule has 0 spiro atoms. The van der Waals surface area contributed by atoms with Crippen LogP contribution in [0.1, 0.15) is 28.8 Å². The summed E-state index contributed by atoms with van der Waals surface area (Å²) in [6, 6.07) is 29.7. The lowest BCUT2D eigenvalue weighted by atomic mass is 9.76. The third-order valence-electron chi connectivity index (χ3n) is 5.40. The zero-order valence-electron chi connectivity index (χ0n) is 17.0. The van der Waals surface area contributed by atoms with Gasteiger partial charge in [0, 0.05) is 17.7 Å². The average molecular weight is 411 g/mol. The molecule has 0 aliphatic rings. The molecule has 0 fully saturated rings. The molecule has 31 heavy (non-hydrogen) atoms.